The maximum Gasteiger partial charge on any atom is 0.226 e. The number of nitrogens with zero attached hydrogens (tertiary/aromatic N) is 3. The van der Waals surface area contributed by atoms with Crippen molar-refractivity contribution in [3.63, 3.8) is 0 Å². The minimum atomic E-state index is -0.0880. The van der Waals surface area contributed by atoms with Gasteiger partial charge in [-0.1, -0.05) is 31.2 Å². The van der Waals surface area contributed by atoms with Gasteiger partial charge in [-0.25, -0.2) is 0 Å². The third kappa shape index (κ3) is 4.93. The van der Waals surface area contributed by atoms with Gasteiger partial charge in [0.05, 0.1) is 17.8 Å². The lowest BCUT2D eigenvalue weighted by atomic mass is 10.0. The zero-order valence-corrected chi connectivity index (χ0v) is 20.2. The number of pyridine rings is 1. The molecule has 3 heterocycles. The molecule has 0 radical (unpaired) electrons. The number of benzene rings is 1. The van der Waals surface area contributed by atoms with Crippen molar-refractivity contribution in [2.45, 2.75) is 51.7 Å². The van der Waals surface area contributed by atoms with Crippen LogP contribution in [-0.4, -0.2) is 32.0 Å². The van der Waals surface area contributed by atoms with Crippen LogP contribution in [0.4, 0.5) is 5.69 Å². The SMILES string of the molecule is CCc1ccccc1NC(=O)CCN1C(=S)N[C@H](c2ccccn2)[C@@H]1c1cccn1C(C)C. The summed E-state index contributed by atoms with van der Waals surface area (Å²) in [5.74, 6) is -0.0158. The van der Waals surface area contributed by atoms with Crippen molar-refractivity contribution in [1.29, 1.82) is 0 Å². The maximum absolute atomic E-state index is 12.8. The van der Waals surface area contributed by atoms with E-state index < -0.39 is 0 Å². The van der Waals surface area contributed by atoms with Crippen LogP contribution in [-0.2, 0) is 11.2 Å². The standard InChI is InChI=1S/C26H31N5OS/c1-4-19-10-5-6-11-20(19)28-23(32)14-17-31-25(22-13-9-16-30(22)18(2)3)24(29-26(31)33)21-12-7-8-15-27-21/h5-13,15-16,18,24-25H,4,14,17H2,1-3H3,(H,28,32)(H,29,33)/t24-,25+/m1/s1. The molecule has 0 aliphatic carbocycles. The Hall–Kier alpha value is -3.19. The molecule has 33 heavy (non-hydrogen) atoms. The molecule has 3 aromatic rings. The van der Waals surface area contributed by atoms with Crippen LogP contribution in [0.25, 0.3) is 0 Å². The van der Waals surface area contributed by atoms with E-state index in [1.165, 1.54) is 0 Å². The van der Waals surface area contributed by atoms with Gasteiger partial charge in [0.15, 0.2) is 5.11 Å². The second kappa shape index (κ2) is 10.2. The third-order valence-electron chi connectivity index (χ3n) is 6.12. The summed E-state index contributed by atoms with van der Waals surface area (Å²) < 4.78 is 2.26. The van der Waals surface area contributed by atoms with Gasteiger partial charge in [-0.2, -0.15) is 0 Å². The summed E-state index contributed by atoms with van der Waals surface area (Å²) in [7, 11) is 0. The topological polar surface area (TPSA) is 62.2 Å². The molecule has 0 spiro atoms. The quantitative estimate of drug-likeness (QED) is 0.461. The summed E-state index contributed by atoms with van der Waals surface area (Å²) in [6.45, 7) is 6.95. The fourth-order valence-electron chi connectivity index (χ4n) is 4.48. The number of thiocarbonyl (C=S) groups is 1. The molecular formula is C26H31N5OS. The first-order valence-electron chi connectivity index (χ1n) is 11.5. The van der Waals surface area contributed by atoms with Crippen molar-refractivity contribution < 1.29 is 4.79 Å². The van der Waals surface area contributed by atoms with Crippen molar-refractivity contribution in [2.75, 3.05) is 11.9 Å². The Morgan fingerprint density at radius 1 is 1.15 bits per heavy atom. The second-order valence-corrected chi connectivity index (χ2v) is 8.95. The number of anilines is 1. The first-order valence-corrected chi connectivity index (χ1v) is 11.9. The number of amides is 1. The predicted molar refractivity (Wildman–Crippen MR) is 136 cm³/mol. The Bertz CT molecular complexity index is 1110. The number of carbonyl (C=O) groups excluding carboxylic acids is 1. The van der Waals surface area contributed by atoms with Crippen LogP contribution in [0, 0.1) is 0 Å². The lowest BCUT2D eigenvalue weighted by Crippen LogP contribution is -2.33. The number of para-hydroxylation sites is 1. The van der Waals surface area contributed by atoms with Crippen molar-refractivity contribution >= 4 is 28.9 Å². The molecular weight excluding hydrogens is 430 g/mol. The largest absolute Gasteiger partial charge is 0.352 e. The summed E-state index contributed by atoms with van der Waals surface area (Å²) in [5.41, 5.74) is 4.10. The van der Waals surface area contributed by atoms with Crippen molar-refractivity contribution in [3.05, 3.63) is 83.9 Å². The zero-order chi connectivity index (χ0) is 23.4. The van der Waals surface area contributed by atoms with Crippen molar-refractivity contribution in [3.8, 4) is 0 Å². The Morgan fingerprint density at radius 2 is 1.94 bits per heavy atom. The van der Waals surface area contributed by atoms with E-state index in [1.54, 1.807) is 6.20 Å². The molecule has 1 aliphatic heterocycles. The molecule has 4 rings (SSSR count). The molecule has 6 nitrogen and oxygen atoms in total. The minimum absolute atomic E-state index is 0.0158. The van der Waals surface area contributed by atoms with Crippen LogP contribution >= 0.6 is 12.2 Å². The number of carbonyl (C=O) groups is 1. The van der Waals surface area contributed by atoms with Gasteiger partial charge in [0.2, 0.25) is 5.91 Å². The summed E-state index contributed by atoms with van der Waals surface area (Å²) in [5, 5.41) is 7.19. The van der Waals surface area contributed by atoms with E-state index >= 15 is 0 Å². The Kier molecular flexibility index (Phi) is 7.08. The van der Waals surface area contributed by atoms with Gasteiger partial charge in [0.1, 0.15) is 0 Å². The Balaban J connectivity index is 1.57. The molecule has 0 saturated carbocycles. The van der Waals surface area contributed by atoms with Crippen molar-refractivity contribution in [1.82, 2.24) is 19.8 Å². The first kappa shape index (κ1) is 23.0. The molecule has 0 bridgehead atoms. The van der Waals surface area contributed by atoms with E-state index in [9.17, 15) is 4.79 Å². The van der Waals surface area contributed by atoms with Gasteiger partial charge in [-0.05, 0) is 68.4 Å². The summed E-state index contributed by atoms with van der Waals surface area (Å²) in [6.07, 6.45) is 5.12. The molecule has 172 valence electrons. The molecule has 1 amide bonds. The maximum atomic E-state index is 12.8. The monoisotopic (exact) mass is 461 g/mol. The first-order chi connectivity index (χ1) is 16.0. The summed E-state index contributed by atoms with van der Waals surface area (Å²) >= 11 is 5.74. The normalized spacial score (nSPS) is 17.9. The molecule has 1 aromatic carbocycles. The smallest absolute Gasteiger partial charge is 0.226 e. The van der Waals surface area contributed by atoms with Crippen LogP contribution < -0.4 is 10.6 Å². The van der Waals surface area contributed by atoms with E-state index in [1.807, 2.05) is 42.5 Å². The molecule has 7 heteroatoms. The van der Waals surface area contributed by atoms with Crippen LogP contribution in [0.1, 0.15) is 62.3 Å². The highest BCUT2D eigenvalue weighted by molar-refractivity contribution is 7.80. The van der Waals surface area contributed by atoms with E-state index in [0.717, 1.165) is 29.1 Å². The van der Waals surface area contributed by atoms with Crippen LogP contribution in [0.5, 0.6) is 0 Å². The van der Waals surface area contributed by atoms with Gasteiger partial charge < -0.3 is 20.1 Å². The van der Waals surface area contributed by atoms with Gasteiger partial charge in [0.25, 0.3) is 0 Å². The molecule has 1 aliphatic rings. The zero-order valence-electron chi connectivity index (χ0n) is 19.4. The van der Waals surface area contributed by atoms with E-state index in [4.69, 9.17) is 12.2 Å². The number of aromatic nitrogens is 2. The fraction of sp³-hybridized carbons (Fsp3) is 0.346. The second-order valence-electron chi connectivity index (χ2n) is 8.56. The van der Waals surface area contributed by atoms with E-state index in [0.29, 0.717) is 24.1 Å². The summed E-state index contributed by atoms with van der Waals surface area (Å²) in [4.78, 5) is 19.6. The highest BCUT2D eigenvalue weighted by atomic mass is 32.1. The lowest BCUT2D eigenvalue weighted by Gasteiger charge is -2.29. The third-order valence-corrected chi connectivity index (χ3v) is 6.47. The van der Waals surface area contributed by atoms with Gasteiger partial charge in [-0.15, -0.1) is 0 Å². The number of rotatable bonds is 8. The average Bonchev–Trinajstić information content (AvgIpc) is 3.43. The average molecular weight is 462 g/mol. The Labute approximate surface area is 201 Å². The molecule has 0 unspecified atom stereocenters. The van der Waals surface area contributed by atoms with E-state index in [-0.39, 0.29) is 18.0 Å². The van der Waals surface area contributed by atoms with Gasteiger partial charge >= 0.3 is 0 Å². The number of nitrogens with one attached hydrogen (secondary N) is 2. The van der Waals surface area contributed by atoms with Gasteiger partial charge in [-0.3, -0.25) is 9.78 Å². The number of hydrogen-bond donors (Lipinski definition) is 2. The predicted octanol–water partition coefficient (Wildman–Crippen LogP) is 5.03. The Morgan fingerprint density at radius 3 is 2.67 bits per heavy atom. The fourth-order valence-corrected chi connectivity index (χ4v) is 4.81. The van der Waals surface area contributed by atoms with Gasteiger partial charge in [0, 0.05) is 42.8 Å². The highest BCUT2D eigenvalue weighted by Crippen LogP contribution is 2.39. The molecule has 1 saturated heterocycles. The van der Waals surface area contributed by atoms with Crippen LogP contribution in [0.2, 0.25) is 0 Å². The summed E-state index contributed by atoms with van der Waals surface area (Å²) in [6, 6.07) is 18.2. The molecule has 2 atom stereocenters. The number of hydrogen-bond acceptors (Lipinski definition) is 3. The molecule has 1 fully saturated rings. The van der Waals surface area contributed by atoms with E-state index in [2.05, 4.69) is 64.2 Å². The minimum Gasteiger partial charge on any atom is -0.352 e. The van der Waals surface area contributed by atoms with Crippen LogP contribution in [0.15, 0.2) is 67.0 Å². The van der Waals surface area contributed by atoms with Crippen LogP contribution in [0.3, 0.4) is 0 Å². The molecule has 2 aromatic heterocycles. The molecule has 2 N–H and O–H groups in total. The lowest BCUT2D eigenvalue weighted by molar-refractivity contribution is -0.116. The number of aryl methyl sites for hydroxylation is 1. The highest BCUT2D eigenvalue weighted by Gasteiger charge is 2.41. The van der Waals surface area contributed by atoms with Crippen molar-refractivity contribution in [2.24, 2.45) is 0 Å².